The standard InChI is InChI=1S/C19H12F7N5O2/c20-13-4-9(3-10-5-15(33-16(10)13)17-28-30-31-29-17)7-27-11-1-2-14(32-8-18(21,22)23)12(6-11)19(24,25)26/h1-6,27H,7-8H2,(H,28,29,30,31). The number of aromatic nitrogens is 4. The highest BCUT2D eigenvalue weighted by Gasteiger charge is 2.36. The van der Waals surface area contributed by atoms with Crippen molar-refractivity contribution in [3.8, 4) is 17.3 Å². The first kappa shape index (κ1) is 22.4. The van der Waals surface area contributed by atoms with Gasteiger partial charge in [0.25, 0.3) is 0 Å². The Labute approximate surface area is 179 Å². The molecule has 0 aliphatic rings. The number of tetrazole rings is 1. The van der Waals surface area contributed by atoms with Crippen LogP contribution >= 0.6 is 0 Å². The number of halogens is 7. The molecule has 0 saturated heterocycles. The first-order chi connectivity index (χ1) is 15.5. The van der Waals surface area contributed by atoms with Crippen LogP contribution < -0.4 is 10.1 Å². The Morgan fingerprint density at radius 2 is 1.82 bits per heavy atom. The van der Waals surface area contributed by atoms with Crippen molar-refractivity contribution in [2.75, 3.05) is 11.9 Å². The number of alkyl halides is 6. The van der Waals surface area contributed by atoms with Crippen molar-refractivity contribution in [3.63, 3.8) is 0 Å². The summed E-state index contributed by atoms with van der Waals surface area (Å²) in [4.78, 5) is 0. The van der Waals surface area contributed by atoms with E-state index in [2.05, 4.69) is 30.7 Å². The van der Waals surface area contributed by atoms with E-state index in [1.807, 2.05) is 0 Å². The third kappa shape index (κ3) is 5.15. The molecular formula is C19H12F7N5O2. The molecule has 0 saturated carbocycles. The molecule has 4 rings (SSSR count). The molecule has 0 aliphatic heterocycles. The van der Waals surface area contributed by atoms with Crippen LogP contribution in [-0.2, 0) is 12.7 Å². The quantitative estimate of drug-likeness (QED) is 0.367. The number of hydrogen-bond donors (Lipinski definition) is 2. The van der Waals surface area contributed by atoms with E-state index in [0.717, 1.165) is 18.2 Å². The van der Waals surface area contributed by atoms with Crippen molar-refractivity contribution in [1.29, 1.82) is 0 Å². The van der Waals surface area contributed by atoms with Crippen molar-refractivity contribution in [2.45, 2.75) is 18.9 Å². The summed E-state index contributed by atoms with van der Waals surface area (Å²) in [5.41, 5.74) is -1.12. The highest BCUT2D eigenvalue weighted by Crippen LogP contribution is 2.38. The highest BCUT2D eigenvalue weighted by molar-refractivity contribution is 5.83. The van der Waals surface area contributed by atoms with E-state index in [1.165, 1.54) is 6.07 Å². The van der Waals surface area contributed by atoms with Gasteiger partial charge in [-0.3, -0.25) is 0 Å². The van der Waals surface area contributed by atoms with E-state index >= 15 is 0 Å². The second kappa shape index (κ2) is 8.26. The van der Waals surface area contributed by atoms with Gasteiger partial charge in [-0.05, 0) is 52.4 Å². The Kier molecular flexibility index (Phi) is 5.59. The minimum Gasteiger partial charge on any atom is -0.483 e. The number of anilines is 1. The predicted molar refractivity (Wildman–Crippen MR) is 99.7 cm³/mol. The van der Waals surface area contributed by atoms with Gasteiger partial charge in [0.05, 0.1) is 5.56 Å². The van der Waals surface area contributed by atoms with Gasteiger partial charge in [-0.2, -0.15) is 26.3 Å². The maximum atomic E-state index is 14.4. The van der Waals surface area contributed by atoms with Crippen LogP contribution in [-0.4, -0.2) is 33.4 Å². The Balaban J connectivity index is 1.54. The van der Waals surface area contributed by atoms with E-state index < -0.39 is 36.1 Å². The average molecular weight is 475 g/mol. The number of furan rings is 1. The number of aromatic amines is 1. The van der Waals surface area contributed by atoms with E-state index in [-0.39, 0.29) is 29.4 Å². The monoisotopic (exact) mass is 475 g/mol. The van der Waals surface area contributed by atoms with Crippen LogP contribution in [0.5, 0.6) is 5.75 Å². The number of ether oxygens (including phenoxy) is 1. The summed E-state index contributed by atoms with van der Waals surface area (Å²) in [5, 5.41) is 16.0. The Morgan fingerprint density at radius 3 is 2.48 bits per heavy atom. The fourth-order valence-electron chi connectivity index (χ4n) is 3.00. The van der Waals surface area contributed by atoms with Gasteiger partial charge in [0.2, 0.25) is 5.82 Å². The number of nitrogens with one attached hydrogen (secondary N) is 2. The molecule has 2 heterocycles. The summed E-state index contributed by atoms with van der Waals surface area (Å²) in [6, 6.07) is 6.70. The molecule has 7 nitrogen and oxygen atoms in total. The fraction of sp³-hybridized carbons (Fsp3) is 0.211. The van der Waals surface area contributed by atoms with Crippen molar-refractivity contribution >= 4 is 16.7 Å². The van der Waals surface area contributed by atoms with Gasteiger partial charge < -0.3 is 14.5 Å². The number of nitrogens with zero attached hydrogens (tertiary/aromatic N) is 3. The summed E-state index contributed by atoms with van der Waals surface area (Å²) in [6.07, 6.45) is -9.74. The molecule has 0 radical (unpaired) electrons. The summed E-state index contributed by atoms with van der Waals surface area (Å²) >= 11 is 0. The molecule has 2 N–H and O–H groups in total. The fourth-order valence-corrected chi connectivity index (χ4v) is 3.00. The van der Waals surface area contributed by atoms with Crippen molar-refractivity contribution in [1.82, 2.24) is 20.6 Å². The first-order valence-electron chi connectivity index (χ1n) is 9.10. The van der Waals surface area contributed by atoms with Crippen LogP contribution in [0.15, 0.2) is 40.8 Å². The molecular weight excluding hydrogens is 463 g/mol. The summed E-state index contributed by atoms with van der Waals surface area (Å²) in [7, 11) is 0. The molecule has 0 aliphatic carbocycles. The molecule has 0 unspecified atom stereocenters. The molecule has 0 atom stereocenters. The number of fused-ring (bicyclic) bond motifs is 1. The third-order valence-electron chi connectivity index (χ3n) is 4.38. The van der Waals surface area contributed by atoms with Gasteiger partial charge in [-0.1, -0.05) is 0 Å². The van der Waals surface area contributed by atoms with Gasteiger partial charge in [-0.15, -0.1) is 5.10 Å². The first-order valence-corrected chi connectivity index (χ1v) is 9.10. The van der Waals surface area contributed by atoms with E-state index in [0.29, 0.717) is 17.0 Å². The van der Waals surface area contributed by atoms with Crippen LogP contribution in [0.4, 0.5) is 36.4 Å². The summed E-state index contributed by atoms with van der Waals surface area (Å²) < 4.78 is 101. The molecule has 0 spiro atoms. The molecule has 2 aromatic carbocycles. The summed E-state index contributed by atoms with van der Waals surface area (Å²) in [5.74, 6) is -1.30. The maximum absolute atomic E-state index is 14.4. The molecule has 0 fully saturated rings. The second-order valence-electron chi connectivity index (χ2n) is 6.82. The second-order valence-corrected chi connectivity index (χ2v) is 6.82. The highest BCUT2D eigenvalue weighted by atomic mass is 19.4. The zero-order valence-electron chi connectivity index (χ0n) is 16.2. The Morgan fingerprint density at radius 1 is 1.03 bits per heavy atom. The lowest BCUT2D eigenvalue weighted by Gasteiger charge is -2.17. The molecule has 174 valence electrons. The van der Waals surface area contributed by atoms with Crippen LogP contribution in [0.1, 0.15) is 11.1 Å². The maximum Gasteiger partial charge on any atom is 0.422 e. The van der Waals surface area contributed by atoms with Gasteiger partial charge in [0.1, 0.15) is 5.75 Å². The number of hydrogen-bond acceptors (Lipinski definition) is 6. The van der Waals surface area contributed by atoms with Crippen LogP contribution in [0.2, 0.25) is 0 Å². The van der Waals surface area contributed by atoms with Gasteiger partial charge >= 0.3 is 12.4 Å². The Hall–Kier alpha value is -3.84. The number of H-pyrrole nitrogens is 1. The molecule has 4 aromatic rings. The largest absolute Gasteiger partial charge is 0.483 e. The molecule has 0 bridgehead atoms. The molecule has 14 heteroatoms. The van der Waals surface area contributed by atoms with Gasteiger partial charge in [0.15, 0.2) is 23.8 Å². The molecule has 0 amide bonds. The predicted octanol–water partition coefficient (Wildman–Crippen LogP) is 5.32. The molecule has 2 aromatic heterocycles. The van der Waals surface area contributed by atoms with Gasteiger partial charge in [-0.25, -0.2) is 9.49 Å². The minimum atomic E-state index is -4.95. The normalized spacial score (nSPS) is 12.3. The smallest absolute Gasteiger partial charge is 0.422 e. The third-order valence-corrected chi connectivity index (χ3v) is 4.38. The van der Waals surface area contributed by atoms with Crippen LogP contribution in [0.3, 0.4) is 0 Å². The van der Waals surface area contributed by atoms with E-state index in [4.69, 9.17) is 4.42 Å². The topological polar surface area (TPSA) is 88.9 Å². The van der Waals surface area contributed by atoms with E-state index in [9.17, 15) is 30.7 Å². The summed E-state index contributed by atoms with van der Waals surface area (Å²) in [6.45, 7) is -1.95. The van der Waals surface area contributed by atoms with Crippen molar-refractivity contribution in [2.24, 2.45) is 0 Å². The lowest BCUT2D eigenvalue weighted by molar-refractivity contribution is -0.158. The SMILES string of the molecule is Fc1cc(CNc2ccc(OCC(F)(F)F)c(C(F)(F)F)c2)cc2cc(-c3nnn[nH]3)oc12. The number of rotatable bonds is 6. The lowest BCUT2D eigenvalue weighted by Crippen LogP contribution is -2.21. The number of benzene rings is 2. The minimum absolute atomic E-state index is 0.0530. The van der Waals surface area contributed by atoms with Crippen molar-refractivity contribution in [3.05, 3.63) is 53.3 Å². The molecule has 33 heavy (non-hydrogen) atoms. The van der Waals surface area contributed by atoms with E-state index in [1.54, 1.807) is 6.07 Å². The van der Waals surface area contributed by atoms with Crippen molar-refractivity contribution < 1.29 is 39.9 Å². The van der Waals surface area contributed by atoms with Crippen LogP contribution in [0, 0.1) is 5.82 Å². The lowest BCUT2D eigenvalue weighted by atomic mass is 10.1. The zero-order valence-corrected chi connectivity index (χ0v) is 16.2. The average Bonchev–Trinajstić information content (AvgIpc) is 3.39. The zero-order chi connectivity index (χ0) is 23.8. The Bertz CT molecular complexity index is 1270. The van der Waals surface area contributed by atoms with Gasteiger partial charge in [0, 0.05) is 17.6 Å². The van der Waals surface area contributed by atoms with Crippen LogP contribution in [0.25, 0.3) is 22.6 Å².